The van der Waals surface area contributed by atoms with Crippen molar-refractivity contribution in [2.45, 2.75) is 6.54 Å². The van der Waals surface area contributed by atoms with Crippen molar-refractivity contribution in [3.8, 4) is 11.8 Å². The van der Waals surface area contributed by atoms with Gasteiger partial charge in [0.2, 0.25) is 0 Å². The highest BCUT2D eigenvalue weighted by atomic mass is 16.5. The Kier molecular flexibility index (Phi) is 5.15. The van der Waals surface area contributed by atoms with Crippen LogP contribution in [0.1, 0.15) is 5.56 Å². The van der Waals surface area contributed by atoms with Gasteiger partial charge in [-0.2, -0.15) is 5.26 Å². The van der Waals surface area contributed by atoms with Gasteiger partial charge in [0, 0.05) is 11.7 Å². The molecular formula is C19H16N4O3. The molecule has 1 aromatic heterocycles. The fraction of sp³-hybridized carbons (Fsp3) is 0.105. The zero-order valence-corrected chi connectivity index (χ0v) is 13.8. The third kappa shape index (κ3) is 3.99. The largest absolute Gasteiger partial charge is 0.482 e. The Balaban J connectivity index is 1.48. The van der Waals surface area contributed by atoms with Gasteiger partial charge >= 0.3 is 0 Å². The second-order valence-corrected chi connectivity index (χ2v) is 5.50. The van der Waals surface area contributed by atoms with Gasteiger partial charge in [0.05, 0.1) is 5.56 Å². The highest BCUT2D eigenvalue weighted by Gasteiger charge is 2.09. The molecule has 0 aliphatic rings. The second kappa shape index (κ2) is 7.85. The lowest BCUT2D eigenvalue weighted by Gasteiger charge is -2.10. The standard InChI is InChI=1S/C19H16N4O3/c20-11-15-6-2-4-8-17(15)26-13-19(25)22-21-18(24)12-23-10-9-14-5-1-3-7-16(14)23/h1-10H,12-13H2,(H,21,24)(H,22,25). The summed E-state index contributed by atoms with van der Waals surface area (Å²) >= 11 is 0. The summed E-state index contributed by atoms with van der Waals surface area (Å²) in [5, 5.41) is 10.0. The van der Waals surface area contributed by atoms with E-state index < -0.39 is 5.91 Å². The van der Waals surface area contributed by atoms with E-state index in [0.717, 1.165) is 10.9 Å². The number of aromatic nitrogens is 1. The van der Waals surface area contributed by atoms with Gasteiger partial charge in [0.1, 0.15) is 18.4 Å². The fourth-order valence-corrected chi connectivity index (χ4v) is 2.48. The van der Waals surface area contributed by atoms with Crippen LogP contribution in [0.15, 0.2) is 60.8 Å². The van der Waals surface area contributed by atoms with E-state index in [1.165, 1.54) is 0 Å². The number of carbonyl (C=O) groups is 2. The molecule has 2 aromatic carbocycles. The number of amides is 2. The van der Waals surface area contributed by atoms with Crippen molar-refractivity contribution < 1.29 is 14.3 Å². The maximum absolute atomic E-state index is 12.0. The van der Waals surface area contributed by atoms with Gasteiger partial charge in [0.15, 0.2) is 6.61 Å². The van der Waals surface area contributed by atoms with Crippen molar-refractivity contribution >= 4 is 22.7 Å². The van der Waals surface area contributed by atoms with Crippen molar-refractivity contribution in [2.24, 2.45) is 0 Å². The Labute approximate surface area is 149 Å². The number of fused-ring (bicyclic) bond motifs is 1. The third-order valence-corrected chi connectivity index (χ3v) is 3.70. The molecule has 0 aliphatic carbocycles. The van der Waals surface area contributed by atoms with E-state index in [-0.39, 0.29) is 19.1 Å². The first-order valence-corrected chi connectivity index (χ1v) is 7.91. The Morgan fingerprint density at radius 2 is 1.73 bits per heavy atom. The predicted octanol–water partition coefficient (Wildman–Crippen LogP) is 1.74. The highest BCUT2D eigenvalue weighted by Crippen LogP contribution is 2.16. The summed E-state index contributed by atoms with van der Waals surface area (Å²) in [7, 11) is 0. The first-order chi connectivity index (χ1) is 12.7. The van der Waals surface area contributed by atoms with Crippen LogP contribution in [0.25, 0.3) is 10.9 Å². The van der Waals surface area contributed by atoms with Gasteiger partial charge < -0.3 is 9.30 Å². The van der Waals surface area contributed by atoms with Crippen LogP contribution in [0.5, 0.6) is 5.75 Å². The highest BCUT2D eigenvalue weighted by molar-refractivity contribution is 5.85. The van der Waals surface area contributed by atoms with Gasteiger partial charge in [-0.3, -0.25) is 20.4 Å². The van der Waals surface area contributed by atoms with Crippen LogP contribution in [0.4, 0.5) is 0 Å². The third-order valence-electron chi connectivity index (χ3n) is 3.70. The molecular weight excluding hydrogens is 332 g/mol. The Hall–Kier alpha value is -3.79. The van der Waals surface area contributed by atoms with Crippen molar-refractivity contribution in [3.05, 3.63) is 66.4 Å². The number of nitrogens with one attached hydrogen (secondary N) is 2. The topological polar surface area (TPSA) is 96.2 Å². The summed E-state index contributed by atoms with van der Waals surface area (Å²) in [6, 6.07) is 18.2. The quantitative estimate of drug-likeness (QED) is 0.687. The molecule has 3 aromatic rings. The summed E-state index contributed by atoms with van der Waals surface area (Å²) in [6.45, 7) is -0.239. The van der Waals surface area contributed by atoms with Gasteiger partial charge in [0.25, 0.3) is 11.8 Å². The molecule has 0 bridgehead atoms. The fourth-order valence-electron chi connectivity index (χ4n) is 2.48. The molecule has 0 unspecified atom stereocenters. The number of hydrogen-bond acceptors (Lipinski definition) is 4. The summed E-state index contributed by atoms with van der Waals surface area (Å²) < 4.78 is 7.08. The van der Waals surface area contributed by atoms with E-state index in [4.69, 9.17) is 10.00 Å². The van der Waals surface area contributed by atoms with E-state index in [9.17, 15) is 9.59 Å². The monoisotopic (exact) mass is 348 g/mol. The number of hydrogen-bond donors (Lipinski definition) is 2. The number of para-hydroxylation sites is 2. The molecule has 26 heavy (non-hydrogen) atoms. The molecule has 7 heteroatoms. The SMILES string of the molecule is N#Cc1ccccc1OCC(=O)NNC(=O)Cn1ccc2ccccc21. The summed E-state index contributed by atoms with van der Waals surface area (Å²) in [5.41, 5.74) is 5.91. The van der Waals surface area contributed by atoms with E-state index in [2.05, 4.69) is 10.9 Å². The number of carbonyl (C=O) groups excluding carboxylic acids is 2. The first-order valence-electron chi connectivity index (χ1n) is 7.91. The second-order valence-electron chi connectivity index (χ2n) is 5.50. The van der Waals surface area contributed by atoms with Crippen LogP contribution in [0.3, 0.4) is 0 Å². The zero-order valence-electron chi connectivity index (χ0n) is 13.8. The summed E-state index contributed by atoms with van der Waals surface area (Å²) in [6.07, 6.45) is 1.81. The molecule has 0 spiro atoms. The van der Waals surface area contributed by atoms with Crippen LogP contribution < -0.4 is 15.6 Å². The summed E-state index contributed by atoms with van der Waals surface area (Å²) in [4.78, 5) is 23.8. The minimum atomic E-state index is -0.525. The minimum absolute atomic E-state index is 0.0753. The molecule has 0 radical (unpaired) electrons. The Bertz CT molecular complexity index is 988. The van der Waals surface area contributed by atoms with Gasteiger partial charge in [-0.05, 0) is 29.7 Å². The lowest BCUT2D eigenvalue weighted by atomic mass is 10.2. The average Bonchev–Trinajstić information content (AvgIpc) is 3.08. The lowest BCUT2D eigenvalue weighted by Crippen LogP contribution is -2.45. The number of hydrazine groups is 1. The molecule has 0 saturated carbocycles. The minimum Gasteiger partial charge on any atom is -0.482 e. The number of nitrogens with zero attached hydrogens (tertiary/aromatic N) is 2. The molecule has 2 amide bonds. The lowest BCUT2D eigenvalue weighted by molar-refractivity contribution is -0.130. The van der Waals surface area contributed by atoms with E-state index in [0.29, 0.717) is 11.3 Å². The molecule has 1 heterocycles. The normalized spacial score (nSPS) is 10.1. The van der Waals surface area contributed by atoms with Crippen molar-refractivity contribution in [3.63, 3.8) is 0 Å². The van der Waals surface area contributed by atoms with Gasteiger partial charge in [-0.25, -0.2) is 0 Å². The first kappa shape index (κ1) is 17.0. The maximum Gasteiger partial charge on any atom is 0.276 e. The van der Waals surface area contributed by atoms with Crippen molar-refractivity contribution in [1.29, 1.82) is 5.26 Å². The number of rotatable bonds is 5. The smallest absolute Gasteiger partial charge is 0.276 e. The molecule has 0 atom stereocenters. The van der Waals surface area contributed by atoms with E-state index >= 15 is 0 Å². The predicted molar refractivity (Wildman–Crippen MR) is 94.9 cm³/mol. The molecule has 130 valence electrons. The van der Waals surface area contributed by atoms with Gasteiger partial charge in [-0.15, -0.1) is 0 Å². The number of ether oxygens (including phenoxy) is 1. The van der Waals surface area contributed by atoms with Crippen LogP contribution >= 0.6 is 0 Å². The molecule has 0 fully saturated rings. The molecule has 7 nitrogen and oxygen atoms in total. The van der Waals surface area contributed by atoms with Crippen molar-refractivity contribution in [2.75, 3.05) is 6.61 Å². The number of benzene rings is 2. The molecule has 0 saturated heterocycles. The summed E-state index contributed by atoms with van der Waals surface area (Å²) in [5.74, 6) is -0.573. The number of nitriles is 1. The molecule has 2 N–H and O–H groups in total. The average molecular weight is 348 g/mol. The van der Waals surface area contributed by atoms with Gasteiger partial charge in [-0.1, -0.05) is 30.3 Å². The molecule has 0 aliphatic heterocycles. The molecule has 3 rings (SSSR count). The van der Waals surface area contributed by atoms with Crippen LogP contribution in [-0.2, 0) is 16.1 Å². The van der Waals surface area contributed by atoms with Crippen molar-refractivity contribution in [1.82, 2.24) is 15.4 Å². The Morgan fingerprint density at radius 3 is 2.58 bits per heavy atom. The zero-order chi connectivity index (χ0) is 18.4. The maximum atomic E-state index is 12.0. The van der Waals surface area contributed by atoms with Crippen LogP contribution in [0.2, 0.25) is 0 Å². The van der Waals surface area contributed by atoms with E-state index in [1.54, 1.807) is 28.8 Å². The van der Waals surface area contributed by atoms with Crippen LogP contribution in [-0.4, -0.2) is 23.0 Å². The van der Waals surface area contributed by atoms with Crippen LogP contribution in [0, 0.1) is 11.3 Å². The Morgan fingerprint density at radius 1 is 1.00 bits per heavy atom. The van der Waals surface area contributed by atoms with E-state index in [1.807, 2.05) is 42.6 Å².